The summed E-state index contributed by atoms with van der Waals surface area (Å²) in [7, 11) is 0. The smallest absolute Gasteiger partial charge is 0.117 e. The number of hydrogen-bond acceptors (Lipinski definition) is 3. The zero-order valence-corrected chi connectivity index (χ0v) is 14.5. The predicted molar refractivity (Wildman–Crippen MR) is 97.6 cm³/mol. The average molecular weight is 320 g/mol. The van der Waals surface area contributed by atoms with Crippen LogP contribution in [0.3, 0.4) is 0 Å². The van der Waals surface area contributed by atoms with Gasteiger partial charge in [0.15, 0.2) is 0 Å². The number of aromatic nitrogens is 3. The molecule has 0 unspecified atom stereocenters. The lowest BCUT2D eigenvalue weighted by atomic mass is 10.1. The van der Waals surface area contributed by atoms with Crippen LogP contribution in [0.5, 0.6) is 0 Å². The lowest BCUT2D eigenvalue weighted by Gasteiger charge is -2.05. The first kappa shape index (κ1) is 16.4. The van der Waals surface area contributed by atoms with Crippen molar-refractivity contribution < 1.29 is 0 Å². The lowest BCUT2D eigenvalue weighted by Crippen LogP contribution is -2.14. The first-order valence-corrected chi connectivity index (χ1v) is 8.41. The van der Waals surface area contributed by atoms with Gasteiger partial charge in [-0.05, 0) is 26.3 Å². The number of nitrogens with zero attached hydrogens (tertiary/aromatic N) is 3. The molecule has 0 bridgehead atoms. The largest absolute Gasteiger partial charge is 0.307 e. The van der Waals surface area contributed by atoms with E-state index in [1.165, 1.54) is 11.1 Å². The fourth-order valence-electron chi connectivity index (χ4n) is 2.56. The molecule has 3 rings (SSSR count). The van der Waals surface area contributed by atoms with Crippen LogP contribution in [0, 0.1) is 6.92 Å². The van der Waals surface area contributed by atoms with Crippen LogP contribution in [0.1, 0.15) is 36.7 Å². The standard InChI is InChI=1S/C20H24N4/c1-15(2)24-22-19(20(23-24)18-7-5-4-6-8-18)14-21-13-17-11-9-16(3)10-12-17/h4-12,15,21H,13-14H2,1-3H3. The zero-order valence-electron chi connectivity index (χ0n) is 14.5. The van der Waals surface area contributed by atoms with E-state index in [4.69, 9.17) is 0 Å². The highest BCUT2D eigenvalue weighted by Crippen LogP contribution is 2.21. The Hall–Kier alpha value is -2.46. The molecular weight excluding hydrogens is 296 g/mol. The highest BCUT2D eigenvalue weighted by atomic mass is 15.5. The Morgan fingerprint density at radius 1 is 0.917 bits per heavy atom. The van der Waals surface area contributed by atoms with Crippen LogP contribution >= 0.6 is 0 Å². The maximum Gasteiger partial charge on any atom is 0.117 e. The van der Waals surface area contributed by atoms with Crippen LogP contribution in [0.2, 0.25) is 0 Å². The lowest BCUT2D eigenvalue weighted by molar-refractivity contribution is 0.461. The summed E-state index contributed by atoms with van der Waals surface area (Å²) >= 11 is 0. The number of nitrogens with one attached hydrogen (secondary N) is 1. The second kappa shape index (κ2) is 7.41. The summed E-state index contributed by atoms with van der Waals surface area (Å²) in [6, 6.07) is 19.1. The summed E-state index contributed by atoms with van der Waals surface area (Å²) in [6.07, 6.45) is 0. The molecule has 3 aromatic rings. The summed E-state index contributed by atoms with van der Waals surface area (Å²) in [4.78, 5) is 1.80. The molecule has 1 aromatic heterocycles. The third kappa shape index (κ3) is 3.89. The van der Waals surface area contributed by atoms with Gasteiger partial charge in [-0.15, -0.1) is 0 Å². The Balaban J connectivity index is 1.75. The van der Waals surface area contributed by atoms with E-state index in [1.807, 2.05) is 18.2 Å². The van der Waals surface area contributed by atoms with Crippen LogP contribution in [-0.4, -0.2) is 15.0 Å². The SMILES string of the molecule is Cc1ccc(CNCc2nn(C(C)C)nc2-c2ccccc2)cc1. The van der Waals surface area contributed by atoms with Gasteiger partial charge in [0, 0.05) is 18.7 Å². The molecule has 0 aliphatic heterocycles. The van der Waals surface area contributed by atoms with Crippen LogP contribution in [-0.2, 0) is 13.1 Å². The minimum absolute atomic E-state index is 0.248. The molecule has 4 nitrogen and oxygen atoms in total. The molecule has 124 valence electrons. The number of aryl methyl sites for hydroxylation is 1. The van der Waals surface area contributed by atoms with Crippen LogP contribution in [0.4, 0.5) is 0 Å². The Labute approximate surface area is 143 Å². The summed E-state index contributed by atoms with van der Waals surface area (Å²) in [5.74, 6) is 0. The zero-order chi connectivity index (χ0) is 16.9. The maximum absolute atomic E-state index is 4.68. The number of benzene rings is 2. The van der Waals surface area contributed by atoms with Crippen molar-refractivity contribution in [2.24, 2.45) is 0 Å². The van der Waals surface area contributed by atoms with Gasteiger partial charge >= 0.3 is 0 Å². The van der Waals surface area contributed by atoms with Crippen molar-refractivity contribution in [3.8, 4) is 11.3 Å². The van der Waals surface area contributed by atoms with Crippen LogP contribution in [0.25, 0.3) is 11.3 Å². The molecule has 0 aliphatic carbocycles. The molecule has 1 N–H and O–H groups in total. The Morgan fingerprint density at radius 2 is 1.62 bits per heavy atom. The average Bonchev–Trinajstić information content (AvgIpc) is 3.02. The molecule has 0 atom stereocenters. The molecular formula is C20H24N4. The minimum Gasteiger partial charge on any atom is -0.307 e. The molecule has 0 saturated heterocycles. The Kier molecular flexibility index (Phi) is 5.06. The number of hydrogen-bond donors (Lipinski definition) is 1. The van der Waals surface area contributed by atoms with Crippen LogP contribution in [0.15, 0.2) is 54.6 Å². The van der Waals surface area contributed by atoms with E-state index < -0.39 is 0 Å². The van der Waals surface area contributed by atoms with Crippen molar-refractivity contribution in [3.63, 3.8) is 0 Å². The van der Waals surface area contributed by atoms with Gasteiger partial charge in [-0.1, -0.05) is 60.2 Å². The van der Waals surface area contributed by atoms with Gasteiger partial charge in [-0.25, -0.2) is 0 Å². The van der Waals surface area contributed by atoms with E-state index in [9.17, 15) is 0 Å². The maximum atomic E-state index is 4.68. The van der Waals surface area contributed by atoms with Crippen molar-refractivity contribution in [2.75, 3.05) is 0 Å². The second-order valence-electron chi connectivity index (χ2n) is 6.36. The summed E-state index contributed by atoms with van der Waals surface area (Å²) in [5.41, 5.74) is 5.61. The second-order valence-corrected chi connectivity index (χ2v) is 6.36. The first-order valence-electron chi connectivity index (χ1n) is 8.41. The van der Waals surface area contributed by atoms with Gasteiger partial charge in [0.2, 0.25) is 0 Å². The van der Waals surface area contributed by atoms with Gasteiger partial charge in [-0.3, -0.25) is 0 Å². The first-order chi connectivity index (χ1) is 11.6. The highest BCUT2D eigenvalue weighted by Gasteiger charge is 2.14. The molecule has 0 amide bonds. The van der Waals surface area contributed by atoms with Gasteiger partial charge in [-0.2, -0.15) is 15.0 Å². The molecule has 0 spiro atoms. The Bertz CT molecular complexity index is 773. The minimum atomic E-state index is 0.248. The molecule has 4 heteroatoms. The monoisotopic (exact) mass is 320 g/mol. The van der Waals surface area contributed by atoms with Crippen molar-refractivity contribution >= 4 is 0 Å². The summed E-state index contributed by atoms with van der Waals surface area (Å²) in [6.45, 7) is 7.82. The molecule has 0 aliphatic rings. The summed E-state index contributed by atoms with van der Waals surface area (Å²) in [5, 5.41) is 12.8. The molecule has 24 heavy (non-hydrogen) atoms. The van der Waals surface area contributed by atoms with Crippen LogP contribution < -0.4 is 5.32 Å². The number of rotatable bonds is 6. The van der Waals surface area contributed by atoms with E-state index >= 15 is 0 Å². The van der Waals surface area contributed by atoms with E-state index in [-0.39, 0.29) is 6.04 Å². The topological polar surface area (TPSA) is 42.7 Å². The van der Waals surface area contributed by atoms with Crippen molar-refractivity contribution in [2.45, 2.75) is 39.9 Å². The van der Waals surface area contributed by atoms with Gasteiger partial charge in [0.05, 0.1) is 6.04 Å². The third-order valence-corrected chi connectivity index (χ3v) is 3.95. The van der Waals surface area contributed by atoms with E-state index in [0.29, 0.717) is 6.54 Å². The third-order valence-electron chi connectivity index (χ3n) is 3.95. The van der Waals surface area contributed by atoms with Crippen molar-refractivity contribution in [1.82, 2.24) is 20.3 Å². The fraction of sp³-hybridized carbons (Fsp3) is 0.300. The molecule has 0 radical (unpaired) electrons. The quantitative estimate of drug-likeness (QED) is 0.743. The molecule has 0 fully saturated rings. The summed E-state index contributed by atoms with van der Waals surface area (Å²) < 4.78 is 0. The van der Waals surface area contributed by atoms with Crippen molar-refractivity contribution in [1.29, 1.82) is 0 Å². The van der Waals surface area contributed by atoms with Gasteiger partial charge < -0.3 is 5.32 Å². The predicted octanol–water partition coefficient (Wildman–Crippen LogP) is 4.12. The van der Waals surface area contributed by atoms with Gasteiger partial charge in [0.25, 0.3) is 0 Å². The van der Waals surface area contributed by atoms with E-state index in [1.54, 1.807) is 4.80 Å². The molecule has 0 saturated carbocycles. The van der Waals surface area contributed by atoms with Gasteiger partial charge in [0.1, 0.15) is 11.4 Å². The highest BCUT2D eigenvalue weighted by molar-refractivity contribution is 5.60. The van der Waals surface area contributed by atoms with Crippen molar-refractivity contribution in [3.05, 3.63) is 71.4 Å². The molecule has 2 aromatic carbocycles. The normalized spacial score (nSPS) is 11.2. The molecule has 1 heterocycles. The van der Waals surface area contributed by atoms with E-state index in [0.717, 1.165) is 23.5 Å². The van der Waals surface area contributed by atoms with E-state index in [2.05, 4.69) is 72.7 Å². The fourth-order valence-corrected chi connectivity index (χ4v) is 2.56. The Morgan fingerprint density at radius 3 is 2.29 bits per heavy atom.